The van der Waals surface area contributed by atoms with Crippen molar-refractivity contribution in [2.75, 3.05) is 5.32 Å². The summed E-state index contributed by atoms with van der Waals surface area (Å²) >= 11 is 0.955. The molecule has 31 heavy (non-hydrogen) atoms. The smallest absolute Gasteiger partial charge is 0.418 e. The molecule has 3 N–H and O–H groups in total. The molecule has 0 unspecified atom stereocenters. The number of nitrogens with one attached hydrogen (secondary N) is 2. The van der Waals surface area contributed by atoms with E-state index in [1.165, 1.54) is 13.8 Å². The van der Waals surface area contributed by atoms with Crippen LogP contribution < -0.4 is 10.9 Å². The van der Waals surface area contributed by atoms with Crippen molar-refractivity contribution in [3.63, 3.8) is 0 Å². The summed E-state index contributed by atoms with van der Waals surface area (Å²) in [5, 5.41) is 11.9. The molecule has 0 amide bonds. The Morgan fingerprint density at radius 1 is 1.19 bits per heavy atom. The van der Waals surface area contributed by atoms with E-state index in [9.17, 15) is 22.8 Å². The van der Waals surface area contributed by atoms with Gasteiger partial charge in [-0.05, 0) is 38.1 Å². The summed E-state index contributed by atoms with van der Waals surface area (Å²) in [5.74, 6) is -0.974. The monoisotopic (exact) mass is 449 g/mol. The van der Waals surface area contributed by atoms with Gasteiger partial charge in [-0.2, -0.15) is 13.2 Å². The minimum Gasteiger partial charge on any atom is -0.476 e. The van der Waals surface area contributed by atoms with Crippen LogP contribution >= 0.6 is 11.3 Å². The number of aromatic carboxylic acids is 1. The molecule has 4 rings (SSSR count). The Kier molecular flexibility index (Phi) is 4.88. The van der Waals surface area contributed by atoms with Crippen LogP contribution in [0, 0.1) is 6.92 Å². The number of benzene rings is 1. The summed E-state index contributed by atoms with van der Waals surface area (Å²) in [7, 11) is 0. The number of aromatic nitrogens is 4. The topological polar surface area (TPSA) is 121 Å². The quantitative estimate of drug-likeness (QED) is 0.428. The zero-order valence-corrected chi connectivity index (χ0v) is 16.9. The van der Waals surface area contributed by atoms with Crippen LogP contribution in [-0.4, -0.2) is 31.0 Å². The number of halogens is 3. The van der Waals surface area contributed by atoms with Crippen molar-refractivity contribution in [2.45, 2.75) is 26.1 Å². The number of alkyl halides is 3. The molecule has 12 heteroatoms. The molecule has 1 atom stereocenters. The first-order valence-electron chi connectivity index (χ1n) is 8.92. The van der Waals surface area contributed by atoms with Crippen molar-refractivity contribution in [3.05, 3.63) is 56.7 Å². The third-order valence-corrected chi connectivity index (χ3v) is 5.51. The lowest BCUT2D eigenvalue weighted by atomic mass is 10.1. The number of nitrogens with zero attached hydrogens (tertiary/aromatic N) is 3. The first-order valence-corrected chi connectivity index (χ1v) is 9.74. The molecule has 4 aromatic rings. The van der Waals surface area contributed by atoms with Gasteiger partial charge in [0.2, 0.25) is 5.01 Å². The summed E-state index contributed by atoms with van der Waals surface area (Å²) in [6.07, 6.45) is -4.71. The number of carboxylic acid groups (broad SMARTS) is 1. The molecule has 8 nitrogen and oxygen atoms in total. The number of aromatic amines is 1. The largest absolute Gasteiger partial charge is 0.476 e. The first kappa shape index (κ1) is 20.7. The van der Waals surface area contributed by atoms with Crippen LogP contribution in [0.1, 0.15) is 39.8 Å². The second-order valence-corrected chi connectivity index (χ2v) is 7.84. The minimum absolute atomic E-state index is 0.0854. The molecule has 1 aromatic carbocycles. The minimum atomic E-state index is -4.71. The maximum absolute atomic E-state index is 13.7. The van der Waals surface area contributed by atoms with Crippen molar-refractivity contribution >= 4 is 44.2 Å². The van der Waals surface area contributed by atoms with Gasteiger partial charge in [0.25, 0.3) is 5.56 Å². The Morgan fingerprint density at radius 2 is 1.94 bits per heavy atom. The van der Waals surface area contributed by atoms with E-state index in [1.807, 2.05) is 0 Å². The number of aryl methyl sites for hydroxylation is 1. The number of pyridine rings is 1. The number of rotatable bonds is 4. The summed E-state index contributed by atoms with van der Waals surface area (Å²) in [4.78, 5) is 37.6. The molecule has 3 heterocycles. The number of anilines is 1. The Bertz CT molecular complexity index is 1400. The van der Waals surface area contributed by atoms with E-state index >= 15 is 0 Å². The molecule has 0 bridgehead atoms. The normalized spacial score (nSPS) is 12.9. The van der Waals surface area contributed by atoms with Crippen molar-refractivity contribution in [2.24, 2.45) is 0 Å². The molecule has 0 aliphatic rings. The zero-order valence-electron chi connectivity index (χ0n) is 16.0. The van der Waals surface area contributed by atoms with E-state index in [2.05, 4.69) is 25.3 Å². The molecule has 160 valence electrons. The molecule has 0 radical (unpaired) electrons. The van der Waals surface area contributed by atoms with Crippen LogP contribution in [0.3, 0.4) is 0 Å². The number of hydrogen-bond donors (Lipinski definition) is 3. The zero-order chi connectivity index (χ0) is 22.5. The van der Waals surface area contributed by atoms with Crippen LogP contribution in [0.2, 0.25) is 0 Å². The van der Waals surface area contributed by atoms with Crippen LogP contribution in [0.5, 0.6) is 0 Å². The lowest BCUT2D eigenvalue weighted by Gasteiger charge is -2.20. The highest BCUT2D eigenvalue weighted by Crippen LogP contribution is 2.36. The van der Waals surface area contributed by atoms with Gasteiger partial charge in [0, 0.05) is 5.69 Å². The number of carboxylic acids is 1. The van der Waals surface area contributed by atoms with Gasteiger partial charge in [0.05, 0.1) is 33.0 Å². The molecule has 0 aliphatic heterocycles. The van der Waals surface area contributed by atoms with E-state index < -0.39 is 29.3 Å². The summed E-state index contributed by atoms with van der Waals surface area (Å²) in [5.41, 5.74) is -1.39. The Hall–Kier alpha value is -3.54. The average molecular weight is 449 g/mol. The molecule has 0 saturated carbocycles. The van der Waals surface area contributed by atoms with Crippen molar-refractivity contribution < 1.29 is 23.1 Å². The second kappa shape index (κ2) is 7.30. The summed E-state index contributed by atoms with van der Waals surface area (Å²) in [6, 6.07) is 4.65. The van der Waals surface area contributed by atoms with E-state index in [0.29, 0.717) is 15.9 Å². The van der Waals surface area contributed by atoms with Crippen molar-refractivity contribution in [1.82, 2.24) is 19.9 Å². The molecule has 0 spiro atoms. The Balaban J connectivity index is 1.77. The van der Waals surface area contributed by atoms with Crippen LogP contribution in [0.25, 0.3) is 21.3 Å². The lowest BCUT2D eigenvalue weighted by Crippen LogP contribution is -2.20. The van der Waals surface area contributed by atoms with Gasteiger partial charge >= 0.3 is 12.1 Å². The van der Waals surface area contributed by atoms with Crippen LogP contribution in [0.15, 0.2) is 29.1 Å². The molecule has 0 aliphatic carbocycles. The van der Waals surface area contributed by atoms with Crippen LogP contribution in [-0.2, 0) is 6.18 Å². The van der Waals surface area contributed by atoms with Crippen LogP contribution in [0.4, 0.5) is 18.9 Å². The van der Waals surface area contributed by atoms with E-state index in [-0.39, 0.29) is 27.6 Å². The van der Waals surface area contributed by atoms with E-state index in [1.54, 1.807) is 18.2 Å². The highest BCUT2D eigenvalue weighted by molar-refractivity contribution is 7.20. The Labute approximate surface area is 175 Å². The van der Waals surface area contributed by atoms with Crippen molar-refractivity contribution in [3.8, 4) is 0 Å². The van der Waals surface area contributed by atoms with E-state index in [0.717, 1.165) is 17.4 Å². The maximum Gasteiger partial charge on any atom is 0.418 e. The van der Waals surface area contributed by atoms with Gasteiger partial charge in [-0.3, -0.25) is 4.79 Å². The van der Waals surface area contributed by atoms with Gasteiger partial charge in [-0.25, -0.2) is 19.7 Å². The predicted molar refractivity (Wildman–Crippen MR) is 109 cm³/mol. The second-order valence-electron chi connectivity index (χ2n) is 6.81. The maximum atomic E-state index is 13.7. The molecule has 0 saturated heterocycles. The number of H-pyrrole nitrogens is 1. The highest BCUT2D eigenvalue weighted by Gasteiger charge is 2.36. The molecule has 3 aromatic heterocycles. The predicted octanol–water partition coefficient (Wildman–Crippen LogP) is 4.13. The van der Waals surface area contributed by atoms with Gasteiger partial charge in [-0.15, -0.1) is 11.3 Å². The lowest BCUT2D eigenvalue weighted by molar-refractivity contribution is -0.138. The standard InChI is InChI=1S/C19H14F3N5O3S/c1-7(23-9-3-4-11-13(5-9)31-17(26-11)18(29)30)14-10(19(20,21)22)6-12-15(27-14)16(28)25-8(2)24-12/h3-7,23H,1-2H3,(H,29,30)(H,24,25,28)/t7-/m0/s1. The molecular formula is C19H14F3N5O3S. The van der Waals surface area contributed by atoms with Gasteiger partial charge in [-0.1, -0.05) is 0 Å². The fraction of sp³-hybridized carbons (Fsp3) is 0.211. The third-order valence-electron chi connectivity index (χ3n) is 4.50. The fourth-order valence-corrected chi connectivity index (χ4v) is 4.03. The average Bonchev–Trinajstić information content (AvgIpc) is 3.10. The first-order chi connectivity index (χ1) is 14.5. The highest BCUT2D eigenvalue weighted by atomic mass is 32.1. The van der Waals surface area contributed by atoms with Gasteiger partial charge < -0.3 is 15.4 Å². The molecular weight excluding hydrogens is 435 g/mol. The number of hydrogen-bond acceptors (Lipinski definition) is 7. The SMILES string of the molecule is Cc1nc2cc(C(F)(F)F)c([C@H](C)Nc3ccc4nc(C(=O)O)sc4c3)nc2c(=O)[nH]1. The summed E-state index contributed by atoms with van der Waals surface area (Å²) < 4.78 is 41.7. The fourth-order valence-electron chi connectivity index (χ4n) is 3.18. The number of fused-ring (bicyclic) bond motifs is 2. The summed E-state index contributed by atoms with van der Waals surface area (Å²) in [6.45, 7) is 2.95. The number of thiazole rings is 1. The third kappa shape index (κ3) is 3.93. The van der Waals surface area contributed by atoms with Crippen molar-refractivity contribution in [1.29, 1.82) is 0 Å². The van der Waals surface area contributed by atoms with E-state index in [4.69, 9.17) is 5.11 Å². The van der Waals surface area contributed by atoms with Gasteiger partial charge in [0.1, 0.15) is 5.82 Å². The molecule has 0 fully saturated rings. The Morgan fingerprint density at radius 3 is 2.61 bits per heavy atom. The van der Waals surface area contributed by atoms with Gasteiger partial charge in [0.15, 0.2) is 5.52 Å². The number of carbonyl (C=O) groups is 1.